The average Bonchev–Trinajstić information content (AvgIpc) is 2.28. The molecule has 0 atom stereocenters. The van der Waals surface area contributed by atoms with Crippen LogP contribution in [0.1, 0.15) is 23.7 Å². The molecule has 0 spiro atoms. The third kappa shape index (κ3) is 3.03. The predicted molar refractivity (Wildman–Crippen MR) is 64.6 cm³/mol. The van der Waals surface area contributed by atoms with Gasteiger partial charge in [0.2, 0.25) is 0 Å². The van der Waals surface area contributed by atoms with Crippen LogP contribution in [-0.4, -0.2) is 44.1 Å². The van der Waals surface area contributed by atoms with Crippen molar-refractivity contribution >= 4 is 15.7 Å². The molecule has 0 radical (unpaired) electrons. The lowest BCUT2D eigenvalue weighted by Gasteiger charge is -2.13. The number of rotatable bonds is 4. The summed E-state index contributed by atoms with van der Waals surface area (Å²) < 4.78 is 23.9. The molecule has 1 aromatic heterocycles. The number of aromatic nitrogens is 1. The molecule has 0 fully saturated rings. The summed E-state index contributed by atoms with van der Waals surface area (Å²) in [6.45, 7) is 1.77. The quantitative estimate of drug-likeness (QED) is 0.805. The lowest BCUT2D eigenvalue weighted by atomic mass is 10.2. The Morgan fingerprint density at radius 2 is 2.06 bits per heavy atom. The summed E-state index contributed by atoms with van der Waals surface area (Å²) >= 11 is 0. The van der Waals surface area contributed by atoms with E-state index in [0.717, 1.165) is 0 Å². The van der Waals surface area contributed by atoms with Gasteiger partial charge in [-0.3, -0.25) is 4.79 Å². The molecule has 1 amide bonds. The summed E-state index contributed by atoms with van der Waals surface area (Å²) in [4.78, 5) is 17.0. The van der Waals surface area contributed by atoms with Crippen LogP contribution in [0.25, 0.3) is 0 Å². The Hall–Kier alpha value is -1.43. The number of amides is 1. The average molecular weight is 256 g/mol. The number of hydrogen-bond acceptors (Lipinski definition) is 4. The molecule has 0 unspecified atom stereocenters. The summed E-state index contributed by atoms with van der Waals surface area (Å²) in [5.41, 5.74) is 0.131. The molecule has 0 aliphatic rings. The van der Waals surface area contributed by atoms with E-state index in [2.05, 4.69) is 4.98 Å². The number of carbonyl (C=O) groups is 1. The lowest BCUT2D eigenvalue weighted by molar-refractivity contribution is 0.0823. The SMILES string of the molecule is CCCS(=O)(=O)c1ncccc1C(=O)N(C)C. The van der Waals surface area contributed by atoms with Crippen LogP contribution in [0.3, 0.4) is 0 Å². The minimum atomic E-state index is -3.48. The normalized spacial score (nSPS) is 11.2. The van der Waals surface area contributed by atoms with Crippen LogP contribution in [0.15, 0.2) is 23.4 Å². The van der Waals surface area contributed by atoms with Gasteiger partial charge in [-0.15, -0.1) is 0 Å². The fourth-order valence-electron chi connectivity index (χ4n) is 1.41. The number of hydrogen-bond donors (Lipinski definition) is 0. The van der Waals surface area contributed by atoms with E-state index in [-0.39, 0.29) is 22.2 Å². The molecular formula is C11H16N2O3S. The molecule has 0 aliphatic carbocycles. The molecule has 1 rings (SSSR count). The van der Waals surface area contributed by atoms with E-state index >= 15 is 0 Å². The number of carbonyl (C=O) groups excluding carboxylic acids is 1. The first-order valence-corrected chi connectivity index (χ1v) is 6.94. The molecule has 0 saturated heterocycles. The van der Waals surface area contributed by atoms with Crippen molar-refractivity contribution in [2.45, 2.75) is 18.4 Å². The van der Waals surface area contributed by atoms with Gasteiger partial charge in [0, 0.05) is 20.3 Å². The van der Waals surface area contributed by atoms with E-state index < -0.39 is 9.84 Å². The van der Waals surface area contributed by atoms with E-state index in [1.807, 2.05) is 0 Å². The van der Waals surface area contributed by atoms with Crippen molar-refractivity contribution < 1.29 is 13.2 Å². The Morgan fingerprint density at radius 1 is 1.41 bits per heavy atom. The molecule has 0 aliphatic heterocycles. The fourth-order valence-corrected chi connectivity index (χ4v) is 2.85. The van der Waals surface area contributed by atoms with Crippen LogP contribution >= 0.6 is 0 Å². The highest BCUT2D eigenvalue weighted by atomic mass is 32.2. The lowest BCUT2D eigenvalue weighted by Crippen LogP contribution is -2.25. The first kappa shape index (κ1) is 13.6. The highest BCUT2D eigenvalue weighted by molar-refractivity contribution is 7.91. The smallest absolute Gasteiger partial charge is 0.256 e. The predicted octanol–water partition coefficient (Wildman–Crippen LogP) is 0.967. The minimum Gasteiger partial charge on any atom is -0.345 e. The van der Waals surface area contributed by atoms with E-state index in [9.17, 15) is 13.2 Å². The Balaban J connectivity index is 3.31. The molecule has 1 heterocycles. The second kappa shape index (κ2) is 5.27. The summed E-state index contributed by atoms with van der Waals surface area (Å²) in [5.74, 6) is -0.356. The maximum Gasteiger partial charge on any atom is 0.256 e. The summed E-state index contributed by atoms with van der Waals surface area (Å²) in [6.07, 6.45) is 1.88. The molecule has 0 saturated carbocycles. The van der Waals surface area contributed by atoms with Gasteiger partial charge in [0.15, 0.2) is 14.9 Å². The molecule has 17 heavy (non-hydrogen) atoms. The summed E-state index contributed by atoms with van der Waals surface area (Å²) in [6, 6.07) is 3.04. The molecule has 5 nitrogen and oxygen atoms in total. The molecule has 6 heteroatoms. The molecule has 0 aromatic carbocycles. The Morgan fingerprint density at radius 3 is 2.59 bits per heavy atom. The summed E-state index contributed by atoms with van der Waals surface area (Å²) in [7, 11) is -0.328. The van der Waals surface area contributed by atoms with Crippen molar-refractivity contribution in [3.05, 3.63) is 23.9 Å². The van der Waals surface area contributed by atoms with E-state index in [0.29, 0.717) is 6.42 Å². The van der Waals surface area contributed by atoms with Crippen molar-refractivity contribution in [3.63, 3.8) is 0 Å². The first-order chi connectivity index (χ1) is 7.90. The third-order valence-corrected chi connectivity index (χ3v) is 4.04. The van der Waals surface area contributed by atoms with E-state index in [4.69, 9.17) is 0 Å². The van der Waals surface area contributed by atoms with E-state index in [1.54, 1.807) is 27.1 Å². The largest absolute Gasteiger partial charge is 0.345 e. The Bertz CT molecular complexity index is 509. The van der Waals surface area contributed by atoms with Gasteiger partial charge in [-0.2, -0.15) is 0 Å². The van der Waals surface area contributed by atoms with Crippen LogP contribution in [0, 0.1) is 0 Å². The van der Waals surface area contributed by atoms with Gasteiger partial charge in [0.1, 0.15) is 0 Å². The van der Waals surface area contributed by atoms with Gasteiger partial charge in [-0.05, 0) is 18.6 Å². The molecule has 0 N–H and O–H groups in total. The minimum absolute atomic E-state index is 0.00226. The topological polar surface area (TPSA) is 67.3 Å². The van der Waals surface area contributed by atoms with Gasteiger partial charge in [-0.25, -0.2) is 13.4 Å². The van der Waals surface area contributed by atoms with Gasteiger partial charge >= 0.3 is 0 Å². The number of pyridine rings is 1. The first-order valence-electron chi connectivity index (χ1n) is 5.29. The Kier molecular flexibility index (Phi) is 4.22. The van der Waals surface area contributed by atoms with Gasteiger partial charge < -0.3 is 4.90 Å². The van der Waals surface area contributed by atoms with Crippen LogP contribution in [0.5, 0.6) is 0 Å². The zero-order chi connectivity index (χ0) is 13.1. The second-order valence-electron chi connectivity index (χ2n) is 3.87. The van der Waals surface area contributed by atoms with Crippen LogP contribution in [0.2, 0.25) is 0 Å². The van der Waals surface area contributed by atoms with Crippen molar-refractivity contribution in [2.24, 2.45) is 0 Å². The van der Waals surface area contributed by atoms with Gasteiger partial charge in [0.25, 0.3) is 5.91 Å². The summed E-state index contributed by atoms with van der Waals surface area (Å²) in [5, 5.41) is -0.124. The second-order valence-corrected chi connectivity index (χ2v) is 5.90. The van der Waals surface area contributed by atoms with Crippen LogP contribution in [-0.2, 0) is 9.84 Å². The molecule has 94 valence electrons. The van der Waals surface area contributed by atoms with Gasteiger partial charge in [-0.1, -0.05) is 6.92 Å². The maximum absolute atomic E-state index is 11.9. The van der Waals surface area contributed by atoms with Crippen molar-refractivity contribution in [1.82, 2.24) is 9.88 Å². The number of sulfone groups is 1. The third-order valence-electron chi connectivity index (χ3n) is 2.18. The zero-order valence-corrected chi connectivity index (χ0v) is 11.0. The highest BCUT2D eigenvalue weighted by Crippen LogP contribution is 2.16. The monoisotopic (exact) mass is 256 g/mol. The van der Waals surface area contributed by atoms with Crippen molar-refractivity contribution in [3.8, 4) is 0 Å². The maximum atomic E-state index is 11.9. The van der Waals surface area contributed by atoms with Gasteiger partial charge in [0.05, 0.1) is 11.3 Å². The molecular weight excluding hydrogens is 240 g/mol. The van der Waals surface area contributed by atoms with E-state index in [1.165, 1.54) is 17.2 Å². The molecule has 0 bridgehead atoms. The molecule has 1 aromatic rings. The number of nitrogens with zero attached hydrogens (tertiary/aromatic N) is 2. The standard InChI is InChI=1S/C11H16N2O3S/c1-4-8-17(15,16)10-9(6-5-7-12-10)11(14)13(2)3/h5-7H,4,8H2,1-3H3. The van der Waals surface area contributed by atoms with Crippen LogP contribution < -0.4 is 0 Å². The van der Waals surface area contributed by atoms with Crippen molar-refractivity contribution in [1.29, 1.82) is 0 Å². The van der Waals surface area contributed by atoms with Crippen molar-refractivity contribution in [2.75, 3.05) is 19.8 Å². The fraction of sp³-hybridized carbons (Fsp3) is 0.455. The Labute approximate surface area is 101 Å². The highest BCUT2D eigenvalue weighted by Gasteiger charge is 2.23. The van der Waals surface area contributed by atoms with Crippen LogP contribution in [0.4, 0.5) is 0 Å². The zero-order valence-electron chi connectivity index (χ0n) is 10.2.